The van der Waals surface area contributed by atoms with Gasteiger partial charge < -0.3 is 15.0 Å². The van der Waals surface area contributed by atoms with Gasteiger partial charge in [-0.2, -0.15) is 0 Å². The van der Waals surface area contributed by atoms with Crippen LogP contribution in [-0.4, -0.2) is 38.7 Å². The van der Waals surface area contributed by atoms with E-state index in [1.807, 2.05) is 37.1 Å². The minimum absolute atomic E-state index is 0.264. The maximum atomic E-state index is 13.1. The third kappa shape index (κ3) is 6.09. The lowest BCUT2D eigenvalue weighted by molar-refractivity contribution is -0.274. The molecule has 1 amide bonds. The SMILES string of the molecule is CCc1nc2ccc(Cl)cn2c1C(=O)NCc1ccc2ncc(N(C)Cc3ccc(OC(F)(F)F)cc3)nc2c1. The second-order valence-electron chi connectivity index (χ2n) is 9.12. The Balaban J connectivity index is 1.29. The third-order valence-corrected chi connectivity index (χ3v) is 6.44. The molecule has 8 nitrogen and oxygen atoms in total. The first kappa shape index (κ1) is 27.2. The summed E-state index contributed by atoms with van der Waals surface area (Å²) in [5.74, 6) is 0.0394. The van der Waals surface area contributed by atoms with Crippen LogP contribution in [-0.2, 0) is 19.5 Å². The number of fused-ring (bicyclic) bond motifs is 2. The molecular formula is C28H24ClF3N6O2. The second kappa shape index (κ2) is 11.0. The summed E-state index contributed by atoms with van der Waals surface area (Å²) in [7, 11) is 1.81. The van der Waals surface area contributed by atoms with Crippen LogP contribution in [0.15, 0.2) is 67.0 Å². The van der Waals surface area contributed by atoms with E-state index in [1.54, 1.807) is 41.1 Å². The lowest BCUT2D eigenvalue weighted by atomic mass is 10.2. The zero-order valence-corrected chi connectivity index (χ0v) is 22.3. The van der Waals surface area contributed by atoms with Gasteiger partial charge in [0.05, 0.1) is 27.9 Å². The Bertz CT molecular complexity index is 1690. The molecular weight excluding hydrogens is 545 g/mol. The van der Waals surface area contributed by atoms with Gasteiger partial charge in [-0.25, -0.2) is 9.97 Å². The highest BCUT2D eigenvalue weighted by molar-refractivity contribution is 6.30. The summed E-state index contributed by atoms with van der Waals surface area (Å²) < 4.78 is 42.8. The van der Waals surface area contributed by atoms with Crippen molar-refractivity contribution in [2.24, 2.45) is 0 Å². The predicted molar refractivity (Wildman–Crippen MR) is 146 cm³/mol. The molecule has 0 saturated heterocycles. The maximum absolute atomic E-state index is 13.1. The van der Waals surface area contributed by atoms with E-state index < -0.39 is 6.36 Å². The summed E-state index contributed by atoms with van der Waals surface area (Å²) in [5, 5.41) is 3.46. The van der Waals surface area contributed by atoms with E-state index in [-0.39, 0.29) is 18.2 Å². The van der Waals surface area contributed by atoms with Gasteiger partial charge in [0.2, 0.25) is 0 Å². The van der Waals surface area contributed by atoms with E-state index in [1.165, 1.54) is 12.1 Å². The molecule has 5 aromatic rings. The predicted octanol–water partition coefficient (Wildman–Crippen LogP) is 5.96. The highest BCUT2D eigenvalue weighted by Gasteiger charge is 2.31. The van der Waals surface area contributed by atoms with Crippen molar-refractivity contribution < 1.29 is 22.7 Å². The van der Waals surface area contributed by atoms with Crippen molar-refractivity contribution in [3.8, 4) is 5.75 Å². The average molecular weight is 569 g/mol. The standard InChI is InChI=1S/C28H24ClF3N6O2/c1-3-21-26(38-16-19(29)7-11-24(38)35-21)27(39)34-13-18-6-10-22-23(12-18)36-25(14-33-22)37(2)15-17-4-8-20(9-5-17)40-28(30,31)32/h4-12,14,16H,3,13,15H2,1-2H3,(H,34,39). The van der Waals surface area contributed by atoms with Crippen molar-refractivity contribution >= 4 is 40.0 Å². The summed E-state index contributed by atoms with van der Waals surface area (Å²) in [6.45, 7) is 2.60. The largest absolute Gasteiger partial charge is 0.573 e. The number of carbonyl (C=O) groups excluding carboxylic acids is 1. The van der Waals surface area contributed by atoms with Crippen molar-refractivity contribution in [1.82, 2.24) is 24.7 Å². The Labute approximate surface area is 232 Å². The van der Waals surface area contributed by atoms with Gasteiger partial charge in [-0.15, -0.1) is 13.2 Å². The molecule has 1 N–H and O–H groups in total. The molecule has 0 radical (unpaired) electrons. The number of halogens is 4. The number of carbonyl (C=O) groups is 1. The molecule has 3 heterocycles. The monoisotopic (exact) mass is 568 g/mol. The summed E-state index contributed by atoms with van der Waals surface area (Å²) in [5.41, 5.74) is 4.71. The molecule has 12 heteroatoms. The van der Waals surface area contributed by atoms with E-state index in [4.69, 9.17) is 16.6 Å². The summed E-state index contributed by atoms with van der Waals surface area (Å²) in [4.78, 5) is 28.7. The number of imidazole rings is 1. The van der Waals surface area contributed by atoms with Crippen molar-refractivity contribution in [2.45, 2.75) is 32.8 Å². The highest BCUT2D eigenvalue weighted by atomic mass is 35.5. The number of pyridine rings is 1. The summed E-state index contributed by atoms with van der Waals surface area (Å²) in [6, 6.07) is 14.7. The normalized spacial score (nSPS) is 11.7. The molecule has 0 spiro atoms. The Kier molecular flexibility index (Phi) is 7.49. The molecule has 0 saturated carbocycles. The van der Waals surface area contributed by atoms with Crippen LogP contribution in [0.2, 0.25) is 5.02 Å². The number of aryl methyl sites for hydroxylation is 1. The van der Waals surface area contributed by atoms with Crippen LogP contribution in [0, 0.1) is 0 Å². The Hall–Kier alpha value is -4.38. The molecule has 5 rings (SSSR count). The van der Waals surface area contributed by atoms with Crippen LogP contribution in [0.25, 0.3) is 16.7 Å². The van der Waals surface area contributed by atoms with Crippen molar-refractivity contribution in [3.05, 3.63) is 94.5 Å². The van der Waals surface area contributed by atoms with Gasteiger partial charge in [-0.1, -0.05) is 36.7 Å². The van der Waals surface area contributed by atoms with Crippen molar-refractivity contribution in [2.75, 3.05) is 11.9 Å². The number of amides is 1. The fourth-order valence-electron chi connectivity index (χ4n) is 4.31. The number of anilines is 1. The van der Waals surface area contributed by atoms with Gasteiger partial charge in [-0.05, 0) is 53.9 Å². The number of benzene rings is 2. The van der Waals surface area contributed by atoms with Crippen LogP contribution < -0.4 is 15.0 Å². The molecule has 0 fully saturated rings. The number of nitrogens with one attached hydrogen (secondary N) is 1. The smallest absolute Gasteiger partial charge is 0.406 e. The average Bonchev–Trinajstić information content (AvgIpc) is 3.29. The first-order valence-corrected chi connectivity index (χ1v) is 12.7. The molecule has 0 bridgehead atoms. The Morgan fingerprint density at radius 1 is 1.05 bits per heavy atom. The summed E-state index contributed by atoms with van der Waals surface area (Å²) >= 11 is 6.14. The van der Waals surface area contributed by atoms with E-state index in [9.17, 15) is 18.0 Å². The number of ether oxygens (including phenoxy) is 1. The fraction of sp³-hybridized carbons (Fsp3) is 0.214. The molecule has 206 valence electrons. The van der Waals surface area contributed by atoms with E-state index in [2.05, 4.69) is 20.0 Å². The lowest BCUT2D eigenvalue weighted by Crippen LogP contribution is -2.25. The molecule has 0 aliphatic rings. The van der Waals surface area contributed by atoms with E-state index >= 15 is 0 Å². The van der Waals surface area contributed by atoms with Crippen molar-refractivity contribution in [1.29, 1.82) is 0 Å². The molecule has 2 aromatic carbocycles. The number of hydrogen-bond donors (Lipinski definition) is 1. The molecule has 0 atom stereocenters. The second-order valence-corrected chi connectivity index (χ2v) is 9.55. The van der Waals surface area contributed by atoms with Crippen LogP contribution in [0.3, 0.4) is 0 Å². The number of nitrogens with zero attached hydrogens (tertiary/aromatic N) is 5. The van der Waals surface area contributed by atoms with Gasteiger partial charge in [0.15, 0.2) is 0 Å². The van der Waals surface area contributed by atoms with E-state index in [0.717, 1.165) is 11.1 Å². The molecule has 0 aliphatic carbocycles. The lowest BCUT2D eigenvalue weighted by Gasteiger charge is -2.18. The molecule has 0 unspecified atom stereocenters. The highest BCUT2D eigenvalue weighted by Crippen LogP contribution is 2.24. The van der Waals surface area contributed by atoms with Crippen LogP contribution in [0.4, 0.5) is 19.0 Å². The number of aromatic nitrogens is 4. The number of hydrogen-bond acceptors (Lipinski definition) is 6. The van der Waals surface area contributed by atoms with Crippen LogP contribution in [0.5, 0.6) is 5.75 Å². The Morgan fingerprint density at radius 2 is 1.80 bits per heavy atom. The van der Waals surface area contributed by atoms with Crippen LogP contribution in [0.1, 0.15) is 34.2 Å². The zero-order chi connectivity index (χ0) is 28.4. The number of alkyl halides is 3. The minimum atomic E-state index is -4.73. The van der Waals surface area contributed by atoms with Gasteiger partial charge in [0, 0.05) is 26.3 Å². The van der Waals surface area contributed by atoms with Gasteiger partial charge in [0.1, 0.15) is 22.9 Å². The first-order valence-electron chi connectivity index (χ1n) is 12.4. The zero-order valence-electron chi connectivity index (χ0n) is 21.5. The molecule has 40 heavy (non-hydrogen) atoms. The molecule has 0 aliphatic heterocycles. The van der Waals surface area contributed by atoms with Gasteiger partial charge in [-0.3, -0.25) is 14.2 Å². The third-order valence-electron chi connectivity index (χ3n) is 6.22. The van der Waals surface area contributed by atoms with Crippen LogP contribution >= 0.6 is 11.6 Å². The molecule has 3 aromatic heterocycles. The van der Waals surface area contributed by atoms with Crippen molar-refractivity contribution in [3.63, 3.8) is 0 Å². The fourth-order valence-corrected chi connectivity index (χ4v) is 4.47. The topological polar surface area (TPSA) is 84.7 Å². The number of rotatable bonds is 8. The Morgan fingerprint density at radius 3 is 2.52 bits per heavy atom. The van der Waals surface area contributed by atoms with Gasteiger partial charge >= 0.3 is 6.36 Å². The van der Waals surface area contributed by atoms with E-state index in [0.29, 0.717) is 51.9 Å². The quantitative estimate of drug-likeness (QED) is 0.249. The minimum Gasteiger partial charge on any atom is -0.406 e. The maximum Gasteiger partial charge on any atom is 0.573 e. The van der Waals surface area contributed by atoms with Gasteiger partial charge in [0.25, 0.3) is 5.91 Å². The summed E-state index contributed by atoms with van der Waals surface area (Å²) in [6.07, 6.45) is -0.837. The first-order chi connectivity index (χ1) is 19.1.